The molecule has 1 saturated heterocycles. The van der Waals surface area contributed by atoms with Crippen LogP contribution in [0.2, 0.25) is 0 Å². The molecule has 1 aliphatic heterocycles. The summed E-state index contributed by atoms with van der Waals surface area (Å²) in [4.78, 5) is 11.3. The van der Waals surface area contributed by atoms with Gasteiger partial charge >= 0.3 is 0 Å². The van der Waals surface area contributed by atoms with Crippen LogP contribution in [-0.4, -0.2) is 19.4 Å². The first-order chi connectivity index (χ1) is 6.87. The van der Waals surface area contributed by atoms with E-state index < -0.39 is 0 Å². The first-order valence-corrected chi connectivity index (χ1v) is 5.10. The average Bonchev–Trinajstić information content (AvgIpc) is 2.31. The molecule has 2 nitrogen and oxygen atoms in total. The van der Waals surface area contributed by atoms with Crippen LogP contribution in [0.25, 0.3) is 0 Å². The van der Waals surface area contributed by atoms with Crippen LogP contribution in [0.5, 0.6) is 0 Å². The van der Waals surface area contributed by atoms with Crippen LogP contribution >= 0.6 is 17.0 Å². The van der Waals surface area contributed by atoms with Crippen molar-refractivity contribution in [2.45, 2.75) is 18.3 Å². The minimum atomic E-state index is -0.230. The van der Waals surface area contributed by atoms with Crippen molar-refractivity contribution in [3.63, 3.8) is 0 Å². The number of nitrogens with one attached hydrogen (secondary N) is 1. The van der Waals surface area contributed by atoms with Gasteiger partial charge in [-0.15, -0.1) is 17.0 Å². The fraction of sp³-hybridized carbons (Fsp3) is 0.417. The van der Waals surface area contributed by atoms with Crippen molar-refractivity contribution >= 4 is 23.3 Å². The fourth-order valence-electron chi connectivity index (χ4n) is 2.12. The molecule has 0 spiro atoms. The van der Waals surface area contributed by atoms with Crippen LogP contribution in [0.1, 0.15) is 18.4 Å². The van der Waals surface area contributed by atoms with E-state index in [0.29, 0.717) is 0 Å². The summed E-state index contributed by atoms with van der Waals surface area (Å²) >= 11 is 0. The van der Waals surface area contributed by atoms with Crippen molar-refractivity contribution in [2.75, 3.05) is 13.1 Å². The SMILES string of the molecule is Br.O=CC1(c2ccccc2)CCNCC1. The Morgan fingerprint density at radius 1 is 1.13 bits per heavy atom. The monoisotopic (exact) mass is 269 g/mol. The molecule has 15 heavy (non-hydrogen) atoms. The van der Waals surface area contributed by atoms with Crippen LogP contribution in [-0.2, 0) is 10.2 Å². The Hall–Kier alpha value is -0.670. The fourth-order valence-corrected chi connectivity index (χ4v) is 2.12. The van der Waals surface area contributed by atoms with Gasteiger partial charge in [-0.1, -0.05) is 30.3 Å². The number of benzene rings is 1. The molecule has 1 heterocycles. The molecule has 3 heteroatoms. The third-order valence-electron chi connectivity index (χ3n) is 3.07. The number of halogens is 1. The summed E-state index contributed by atoms with van der Waals surface area (Å²) in [6, 6.07) is 10.1. The highest BCUT2D eigenvalue weighted by molar-refractivity contribution is 8.93. The highest BCUT2D eigenvalue weighted by atomic mass is 79.9. The maximum atomic E-state index is 11.3. The summed E-state index contributed by atoms with van der Waals surface area (Å²) in [7, 11) is 0. The summed E-state index contributed by atoms with van der Waals surface area (Å²) in [5.74, 6) is 0. The second-order valence-electron chi connectivity index (χ2n) is 3.89. The third-order valence-corrected chi connectivity index (χ3v) is 3.07. The minimum absolute atomic E-state index is 0. The van der Waals surface area contributed by atoms with E-state index in [0.717, 1.165) is 37.8 Å². The van der Waals surface area contributed by atoms with E-state index in [-0.39, 0.29) is 22.4 Å². The Balaban J connectivity index is 0.00000112. The second kappa shape index (κ2) is 5.42. The Labute approximate surface area is 101 Å². The normalized spacial score (nSPS) is 18.9. The molecule has 1 aromatic carbocycles. The van der Waals surface area contributed by atoms with E-state index in [1.807, 2.05) is 18.2 Å². The Bertz CT molecular complexity index is 307. The first-order valence-electron chi connectivity index (χ1n) is 5.10. The van der Waals surface area contributed by atoms with Gasteiger partial charge in [0.05, 0.1) is 5.41 Å². The van der Waals surface area contributed by atoms with Gasteiger partial charge in [-0.3, -0.25) is 0 Å². The van der Waals surface area contributed by atoms with Gasteiger partial charge in [0.2, 0.25) is 0 Å². The van der Waals surface area contributed by atoms with Crippen LogP contribution in [0, 0.1) is 0 Å². The molecule has 0 atom stereocenters. The maximum absolute atomic E-state index is 11.3. The van der Waals surface area contributed by atoms with Crippen LogP contribution in [0.4, 0.5) is 0 Å². The zero-order valence-corrected chi connectivity index (χ0v) is 10.3. The number of carbonyl (C=O) groups is 1. The number of carbonyl (C=O) groups excluding carboxylic acids is 1. The van der Waals surface area contributed by atoms with Crippen molar-refractivity contribution in [3.8, 4) is 0 Å². The highest BCUT2D eigenvalue weighted by Gasteiger charge is 2.33. The molecular formula is C12H16BrNO. The lowest BCUT2D eigenvalue weighted by Crippen LogP contribution is -2.40. The molecule has 82 valence electrons. The molecular weight excluding hydrogens is 254 g/mol. The number of hydrogen-bond acceptors (Lipinski definition) is 2. The van der Waals surface area contributed by atoms with E-state index in [1.54, 1.807) is 0 Å². The van der Waals surface area contributed by atoms with Gasteiger partial charge in [-0.25, -0.2) is 0 Å². The van der Waals surface area contributed by atoms with Crippen LogP contribution < -0.4 is 5.32 Å². The molecule has 1 fully saturated rings. The van der Waals surface area contributed by atoms with Gasteiger partial charge in [-0.2, -0.15) is 0 Å². The van der Waals surface area contributed by atoms with E-state index in [4.69, 9.17) is 0 Å². The number of rotatable bonds is 2. The minimum Gasteiger partial charge on any atom is -0.317 e. The summed E-state index contributed by atoms with van der Waals surface area (Å²) < 4.78 is 0. The molecule has 1 aliphatic rings. The lowest BCUT2D eigenvalue weighted by atomic mass is 9.74. The number of hydrogen-bond donors (Lipinski definition) is 1. The predicted molar refractivity (Wildman–Crippen MR) is 66.6 cm³/mol. The topological polar surface area (TPSA) is 29.1 Å². The predicted octanol–water partition coefficient (Wildman–Crippen LogP) is 2.08. The Morgan fingerprint density at radius 3 is 2.27 bits per heavy atom. The molecule has 0 amide bonds. The van der Waals surface area contributed by atoms with E-state index >= 15 is 0 Å². The van der Waals surface area contributed by atoms with Crippen molar-refractivity contribution in [2.24, 2.45) is 0 Å². The van der Waals surface area contributed by atoms with Crippen LogP contribution in [0.3, 0.4) is 0 Å². The molecule has 1 N–H and O–H groups in total. The highest BCUT2D eigenvalue weighted by Crippen LogP contribution is 2.30. The van der Waals surface area contributed by atoms with E-state index in [2.05, 4.69) is 17.4 Å². The van der Waals surface area contributed by atoms with E-state index in [1.165, 1.54) is 0 Å². The number of piperidine rings is 1. The van der Waals surface area contributed by atoms with Gasteiger partial charge < -0.3 is 10.1 Å². The molecule has 0 unspecified atom stereocenters. The number of aldehydes is 1. The molecule has 0 bridgehead atoms. The quantitative estimate of drug-likeness (QED) is 0.834. The zero-order chi connectivity index (χ0) is 9.86. The van der Waals surface area contributed by atoms with Crippen LogP contribution in [0.15, 0.2) is 30.3 Å². The largest absolute Gasteiger partial charge is 0.317 e. The zero-order valence-electron chi connectivity index (χ0n) is 8.61. The lowest BCUT2D eigenvalue weighted by molar-refractivity contribution is -0.113. The summed E-state index contributed by atoms with van der Waals surface area (Å²) in [5.41, 5.74) is 0.934. The standard InChI is InChI=1S/C12H15NO.BrH/c14-10-12(6-8-13-9-7-12)11-4-2-1-3-5-11;/h1-5,10,13H,6-9H2;1H. The summed E-state index contributed by atoms with van der Waals surface area (Å²) in [6.45, 7) is 1.88. The van der Waals surface area contributed by atoms with E-state index in [9.17, 15) is 4.79 Å². The van der Waals surface area contributed by atoms with Gasteiger partial charge in [0.25, 0.3) is 0 Å². The summed E-state index contributed by atoms with van der Waals surface area (Å²) in [6.07, 6.45) is 2.96. The lowest BCUT2D eigenvalue weighted by Gasteiger charge is -2.32. The van der Waals surface area contributed by atoms with Gasteiger partial charge in [0, 0.05) is 0 Å². The Morgan fingerprint density at radius 2 is 1.73 bits per heavy atom. The van der Waals surface area contributed by atoms with Gasteiger partial charge in [0.15, 0.2) is 0 Å². The van der Waals surface area contributed by atoms with Crippen molar-refractivity contribution in [3.05, 3.63) is 35.9 Å². The van der Waals surface area contributed by atoms with Gasteiger partial charge in [-0.05, 0) is 31.5 Å². The molecule has 0 aromatic heterocycles. The van der Waals surface area contributed by atoms with Crippen molar-refractivity contribution < 1.29 is 4.79 Å². The maximum Gasteiger partial charge on any atom is 0.130 e. The van der Waals surface area contributed by atoms with Crippen molar-refractivity contribution in [1.82, 2.24) is 5.32 Å². The molecule has 0 aliphatic carbocycles. The third kappa shape index (κ3) is 2.47. The molecule has 1 aromatic rings. The smallest absolute Gasteiger partial charge is 0.130 e. The summed E-state index contributed by atoms with van der Waals surface area (Å²) in [5, 5.41) is 3.28. The van der Waals surface area contributed by atoms with Gasteiger partial charge in [0.1, 0.15) is 6.29 Å². The molecule has 0 radical (unpaired) electrons. The Kier molecular flexibility index (Phi) is 4.48. The molecule has 0 saturated carbocycles. The average molecular weight is 270 g/mol. The first kappa shape index (κ1) is 12.4. The second-order valence-corrected chi connectivity index (χ2v) is 3.89. The molecule has 2 rings (SSSR count). The van der Waals surface area contributed by atoms with Crippen molar-refractivity contribution in [1.29, 1.82) is 0 Å².